The summed E-state index contributed by atoms with van der Waals surface area (Å²) in [6.07, 6.45) is 1.12. The number of phenolic OH excluding ortho intramolecular Hbond substituents is 2. The van der Waals surface area contributed by atoms with Crippen molar-refractivity contribution in [3.63, 3.8) is 0 Å². The molecule has 26 heavy (non-hydrogen) atoms. The first kappa shape index (κ1) is 17.5. The van der Waals surface area contributed by atoms with E-state index in [0.717, 1.165) is 6.07 Å². The zero-order chi connectivity index (χ0) is 18.7. The van der Waals surface area contributed by atoms with E-state index in [0.29, 0.717) is 25.9 Å². The average molecular weight is 358 g/mol. The molecular formula is C17H18N4O5. The van der Waals surface area contributed by atoms with Gasteiger partial charge in [0.1, 0.15) is 17.2 Å². The zero-order valence-corrected chi connectivity index (χ0v) is 13.8. The number of likely N-dealkylation sites (tertiary alicyclic amines) is 1. The fourth-order valence-corrected chi connectivity index (χ4v) is 2.86. The van der Waals surface area contributed by atoms with Gasteiger partial charge < -0.3 is 20.4 Å². The van der Waals surface area contributed by atoms with Gasteiger partial charge in [0.05, 0.1) is 0 Å². The largest absolute Gasteiger partial charge is 0.508 e. The van der Waals surface area contributed by atoms with Crippen molar-refractivity contribution in [2.75, 3.05) is 13.1 Å². The number of hydrogen-bond acceptors (Lipinski definition) is 6. The molecule has 1 aromatic heterocycles. The number of nitrogens with one attached hydrogen (secondary N) is 2. The monoisotopic (exact) mass is 358 g/mol. The molecule has 0 aliphatic carbocycles. The Hall–Kier alpha value is -3.36. The Labute approximate surface area is 148 Å². The number of aromatic hydroxyl groups is 2. The lowest BCUT2D eigenvalue weighted by Crippen LogP contribution is -2.46. The van der Waals surface area contributed by atoms with E-state index in [1.165, 1.54) is 24.3 Å². The van der Waals surface area contributed by atoms with E-state index in [9.17, 15) is 24.6 Å². The van der Waals surface area contributed by atoms with Crippen molar-refractivity contribution in [3.05, 3.63) is 51.9 Å². The van der Waals surface area contributed by atoms with Crippen LogP contribution in [0.3, 0.4) is 0 Å². The molecule has 2 amide bonds. The van der Waals surface area contributed by atoms with Crippen molar-refractivity contribution in [1.29, 1.82) is 0 Å². The van der Waals surface area contributed by atoms with Crippen molar-refractivity contribution in [3.8, 4) is 11.5 Å². The molecule has 0 unspecified atom stereocenters. The maximum absolute atomic E-state index is 12.5. The van der Waals surface area contributed by atoms with Crippen molar-refractivity contribution in [1.82, 2.24) is 20.4 Å². The minimum atomic E-state index is -0.385. The van der Waals surface area contributed by atoms with E-state index in [1.54, 1.807) is 4.90 Å². The third-order valence-corrected chi connectivity index (χ3v) is 4.18. The van der Waals surface area contributed by atoms with Crippen molar-refractivity contribution < 1.29 is 19.8 Å². The number of H-pyrrole nitrogens is 1. The second-order valence-corrected chi connectivity index (χ2v) is 6.08. The molecule has 1 fully saturated rings. The van der Waals surface area contributed by atoms with Crippen LogP contribution in [0.5, 0.6) is 11.5 Å². The van der Waals surface area contributed by atoms with Crippen LogP contribution in [-0.2, 0) is 0 Å². The number of nitrogens with zero attached hydrogens (tertiary/aromatic N) is 2. The number of aromatic amines is 1. The summed E-state index contributed by atoms with van der Waals surface area (Å²) in [7, 11) is 0. The van der Waals surface area contributed by atoms with Gasteiger partial charge in [0.25, 0.3) is 17.4 Å². The molecule has 1 aliphatic heterocycles. The lowest BCUT2D eigenvalue weighted by molar-refractivity contribution is 0.0696. The highest BCUT2D eigenvalue weighted by Crippen LogP contribution is 2.22. The Bertz CT molecular complexity index is 846. The summed E-state index contributed by atoms with van der Waals surface area (Å²) in [5.41, 5.74) is -0.0490. The first-order valence-corrected chi connectivity index (χ1v) is 8.11. The van der Waals surface area contributed by atoms with E-state index in [2.05, 4.69) is 15.5 Å². The third kappa shape index (κ3) is 4.00. The van der Waals surface area contributed by atoms with Gasteiger partial charge >= 0.3 is 0 Å². The fourth-order valence-electron chi connectivity index (χ4n) is 2.86. The standard InChI is InChI=1S/C17H18N4O5/c22-12-7-10(8-13(23)9-12)17(26)21-5-3-11(4-6-21)18-16(25)14-1-2-15(24)20-19-14/h1-2,7-9,11,22-23H,3-6H2,(H,18,25)(H,20,24). The second kappa shape index (κ2) is 7.26. The van der Waals surface area contributed by atoms with E-state index >= 15 is 0 Å². The summed E-state index contributed by atoms with van der Waals surface area (Å²) in [6, 6.07) is 6.23. The molecule has 2 heterocycles. The highest BCUT2D eigenvalue weighted by atomic mass is 16.3. The highest BCUT2D eigenvalue weighted by molar-refractivity contribution is 5.95. The number of hydrogen-bond donors (Lipinski definition) is 4. The van der Waals surface area contributed by atoms with Gasteiger partial charge in [0.15, 0.2) is 0 Å². The number of carbonyl (C=O) groups is 2. The predicted octanol–water partition coefficient (Wildman–Crippen LogP) is 0.216. The molecule has 0 spiro atoms. The van der Waals surface area contributed by atoms with Gasteiger partial charge in [-0.3, -0.25) is 14.4 Å². The number of benzene rings is 1. The Balaban J connectivity index is 1.57. The van der Waals surface area contributed by atoms with E-state index < -0.39 is 0 Å². The van der Waals surface area contributed by atoms with E-state index in [1.807, 2.05) is 0 Å². The van der Waals surface area contributed by atoms with Crippen LogP contribution < -0.4 is 10.9 Å². The maximum atomic E-state index is 12.5. The van der Waals surface area contributed by atoms with Crippen LogP contribution in [0, 0.1) is 0 Å². The molecule has 9 heteroatoms. The Kier molecular flexibility index (Phi) is 4.87. The summed E-state index contributed by atoms with van der Waals surface area (Å²) in [4.78, 5) is 37.1. The van der Waals surface area contributed by atoms with Gasteiger partial charge in [0.2, 0.25) is 0 Å². The molecule has 4 N–H and O–H groups in total. The molecule has 0 saturated carbocycles. The minimum absolute atomic E-state index is 0.113. The second-order valence-electron chi connectivity index (χ2n) is 6.08. The number of phenols is 2. The molecule has 9 nitrogen and oxygen atoms in total. The van der Waals surface area contributed by atoms with Gasteiger partial charge in [-0.15, -0.1) is 0 Å². The first-order valence-electron chi connectivity index (χ1n) is 8.11. The van der Waals surface area contributed by atoms with Crippen LogP contribution in [0.15, 0.2) is 35.1 Å². The summed E-state index contributed by atoms with van der Waals surface area (Å²) in [6.45, 7) is 0.860. The molecule has 1 saturated heterocycles. The molecule has 3 rings (SSSR count). The van der Waals surface area contributed by atoms with Gasteiger partial charge in [-0.1, -0.05) is 0 Å². The molecule has 1 aliphatic rings. The average Bonchev–Trinajstić information content (AvgIpc) is 2.61. The van der Waals surface area contributed by atoms with Gasteiger partial charge in [0, 0.05) is 36.8 Å². The van der Waals surface area contributed by atoms with E-state index in [-0.39, 0.29) is 46.2 Å². The smallest absolute Gasteiger partial charge is 0.271 e. The lowest BCUT2D eigenvalue weighted by atomic mass is 10.0. The predicted molar refractivity (Wildman–Crippen MR) is 91.0 cm³/mol. The summed E-state index contributed by atoms with van der Waals surface area (Å²) in [5.74, 6) is -1.03. The SMILES string of the molecule is O=C(NC1CCN(C(=O)c2cc(O)cc(O)c2)CC1)c1ccc(=O)[nH]n1. The quantitative estimate of drug-likeness (QED) is 0.620. The number of carbonyl (C=O) groups excluding carboxylic acids is 2. The molecule has 136 valence electrons. The number of rotatable bonds is 3. The van der Waals surface area contributed by atoms with Crippen molar-refractivity contribution >= 4 is 11.8 Å². The number of amides is 2. The maximum Gasteiger partial charge on any atom is 0.271 e. The summed E-state index contributed by atoms with van der Waals surface area (Å²) >= 11 is 0. The topological polar surface area (TPSA) is 136 Å². The van der Waals surface area contributed by atoms with Gasteiger partial charge in [-0.25, -0.2) is 5.10 Å². The van der Waals surface area contributed by atoms with E-state index in [4.69, 9.17) is 0 Å². The molecule has 2 aromatic rings. The molecular weight excluding hydrogens is 340 g/mol. The van der Waals surface area contributed by atoms with Crippen molar-refractivity contribution in [2.45, 2.75) is 18.9 Å². The van der Waals surface area contributed by atoms with Crippen LogP contribution in [0.4, 0.5) is 0 Å². The number of piperidine rings is 1. The van der Waals surface area contributed by atoms with Crippen LogP contribution in [-0.4, -0.2) is 56.3 Å². The molecule has 0 bridgehead atoms. The minimum Gasteiger partial charge on any atom is -0.508 e. The molecule has 0 atom stereocenters. The number of aromatic nitrogens is 2. The summed E-state index contributed by atoms with van der Waals surface area (Å²) in [5, 5.41) is 27.7. The third-order valence-electron chi connectivity index (χ3n) is 4.18. The summed E-state index contributed by atoms with van der Waals surface area (Å²) < 4.78 is 0. The Morgan fingerprint density at radius 2 is 1.77 bits per heavy atom. The normalized spacial score (nSPS) is 14.8. The van der Waals surface area contributed by atoms with Crippen LogP contribution in [0.2, 0.25) is 0 Å². The molecule has 1 aromatic carbocycles. The Morgan fingerprint density at radius 1 is 1.12 bits per heavy atom. The van der Waals surface area contributed by atoms with Crippen LogP contribution in [0.1, 0.15) is 33.7 Å². The lowest BCUT2D eigenvalue weighted by Gasteiger charge is -2.32. The van der Waals surface area contributed by atoms with Crippen LogP contribution >= 0.6 is 0 Å². The zero-order valence-electron chi connectivity index (χ0n) is 13.8. The first-order chi connectivity index (χ1) is 12.4. The fraction of sp³-hybridized carbons (Fsp3) is 0.294. The van der Waals surface area contributed by atoms with Gasteiger partial charge in [-0.2, -0.15) is 5.10 Å². The Morgan fingerprint density at radius 3 is 2.35 bits per heavy atom. The highest BCUT2D eigenvalue weighted by Gasteiger charge is 2.25. The molecule has 0 radical (unpaired) electrons. The van der Waals surface area contributed by atoms with Crippen LogP contribution in [0.25, 0.3) is 0 Å². The van der Waals surface area contributed by atoms with Gasteiger partial charge in [-0.05, 0) is 31.0 Å². The van der Waals surface area contributed by atoms with Crippen molar-refractivity contribution in [2.24, 2.45) is 0 Å².